The molecule has 0 unspecified atom stereocenters. The summed E-state index contributed by atoms with van der Waals surface area (Å²) in [6.45, 7) is 23.9. The van der Waals surface area contributed by atoms with Crippen molar-refractivity contribution in [2.45, 2.75) is 53.4 Å². The van der Waals surface area contributed by atoms with E-state index in [1.165, 1.54) is 91.1 Å². The molecule has 0 saturated carbocycles. The first-order valence-corrected chi connectivity index (χ1v) is 13.9. The summed E-state index contributed by atoms with van der Waals surface area (Å²) < 4.78 is 11.8. The molecule has 2 aliphatic heterocycles. The van der Waals surface area contributed by atoms with Crippen LogP contribution in [0.1, 0.15) is 53.4 Å². The van der Waals surface area contributed by atoms with Gasteiger partial charge >= 0.3 is 7.87 Å². The fourth-order valence-corrected chi connectivity index (χ4v) is 10.0. The molecule has 8 heteroatoms. The minimum absolute atomic E-state index is 0. The maximum absolute atomic E-state index is 2.96. The Kier molecular flexibility index (Phi) is 13.9. The molecule has 0 bridgehead atoms. The lowest BCUT2D eigenvalue weighted by atomic mass is 10.3. The molecule has 0 aromatic rings. The standard InChI is InChI=1S/C22H50N6P.ClH/c1-7-11-13-25(9-3)29(26(10-4)14-12-8-2,27-19-15-23(5)16-20-27)28-21-17-24(6)18-22-28;/h7-22H2,1-6H3;1H/q+1;/p-1. The second-order valence-electron chi connectivity index (χ2n) is 8.85. The highest BCUT2D eigenvalue weighted by Gasteiger charge is 2.61. The van der Waals surface area contributed by atoms with E-state index in [1.807, 2.05) is 0 Å². The van der Waals surface area contributed by atoms with Gasteiger partial charge in [-0.25, -0.2) is 0 Å². The molecule has 0 radical (unpaired) electrons. The van der Waals surface area contributed by atoms with Crippen molar-refractivity contribution in [3.8, 4) is 0 Å². The third kappa shape index (κ3) is 6.74. The van der Waals surface area contributed by atoms with E-state index in [0.717, 1.165) is 13.1 Å². The summed E-state index contributed by atoms with van der Waals surface area (Å²) in [5.74, 6) is 0. The summed E-state index contributed by atoms with van der Waals surface area (Å²) in [5, 5.41) is 0. The summed E-state index contributed by atoms with van der Waals surface area (Å²) in [6, 6.07) is 0. The van der Waals surface area contributed by atoms with Gasteiger partial charge in [0.25, 0.3) is 0 Å². The molecule has 6 nitrogen and oxygen atoms in total. The van der Waals surface area contributed by atoms with Crippen molar-refractivity contribution >= 4 is 7.87 Å². The summed E-state index contributed by atoms with van der Waals surface area (Å²) in [5.41, 5.74) is 0. The van der Waals surface area contributed by atoms with Crippen molar-refractivity contribution in [1.82, 2.24) is 28.5 Å². The number of nitrogens with zero attached hydrogens (tertiary/aromatic N) is 6. The minimum atomic E-state index is -1.70. The van der Waals surface area contributed by atoms with Crippen LogP contribution in [0.4, 0.5) is 0 Å². The third-order valence-electron chi connectivity index (χ3n) is 6.75. The normalized spacial score (nSPS) is 20.8. The molecule has 0 N–H and O–H groups in total. The Bertz CT molecular complexity index is 388. The van der Waals surface area contributed by atoms with Gasteiger partial charge in [0.15, 0.2) is 0 Å². The Morgan fingerprint density at radius 1 is 0.600 bits per heavy atom. The average molecular weight is 465 g/mol. The van der Waals surface area contributed by atoms with Gasteiger partial charge in [0, 0.05) is 52.4 Å². The molecule has 2 fully saturated rings. The van der Waals surface area contributed by atoms with Crippen LogP contribution in [-0.4, -0.2) is 121 Å². The number of unbranched alkanes of at least 4 members (excludes halogenated alkanes) is 2. The number of halogens is 1. The Labute approximate surface area is 194 Å². The Morgan fingerprint density at radius 3 is 1.20 bits per heavy atom. The molecule has 2 aliphatic rings. The Balaban J connectivity index is 0.00000450. The first kappa shape index (κ1) is 28.5. The van der Waals surface area contributed by atoms with Crippen LogP contribution in [-0.2, 0) is 0 Å². The molecule has 0 aromatic carbocycles. The highest BCUT2D eigenvalue weighted by atomic mass is 35.5. The van der Waals surface area contributed by atoms with E-state index in [2.05, 4.69) is 70.3 Å². The lowest BCUT2D eigenvalue weighted by Gasteiger charge is -2.53. The molecule has 0 amide bonds. The Morgan fingerprint density at radius 2 is 0.933 bits per heavy atom. The van der Waals surface area contributed by atoms with Gasteiger partial charge in [-0.2, -0.15) is 0 Å². The van der Waals surface area contributed by atoms with Crippen LogP contribution >= 0.6 is 7.87 Å². The van der Waals surface area contributed by atoms with Crippen LogP contribution in [0.3, 0.4) is 0 Å². The van der Waals surface area contributed by atoms with Gasteiger partial charge in [-0.3, -0.25) is 0 Å². The molecule has 180 valence electrons. The van der Waals surface area contributed by atoms with Crippen molar-refractivity contribution in [2.75, 3.05) is 92.6 Å². The van der Waals surface area contributed by atoms with Gasteiger partial charge in [0.2, 0.25) is 0 Å². The monoisotopic (exact) mass is 464 g/mol. The Hall–Kier alpha value is 0.480. The maximum atomic E-state index is 2.96. The SMILES string of the molecule is CCCCN(CC)[P+](N(CC)CCCC)(N1CCN(C)CC1)N1CCN(C)CC1.[Cl-]. The molecule has 2 heterocycles. The smallest absolute Gasteiger partial charge is 0.308 e. The minimum Gasteiger partial charge on any atom is -1.00 e. The van der Waals surface area contributed by atoms with Gasteiger partial charge in [-0.05, 0) is 40.8 Å². The molecule has 0 atom stereocenters. The van der Waals surface area contributed by atoms with Crippen molar-refractivity contribution in [3.63, 3.8) is 0 Å². The fourth-order valence-electron chi connectivity index (χ4n) is 4.85. The lowest BCUT2D eigenvalue weighted by Crippen LogP contribution is -3.00. The summed E-state index contributed by atoms with van der Waals surface area (Å²) >= 11 is 0. The van der Waals surface area contributed by atoms with E-state index in [9.17, 15) is 0 Å². The average Bonchev–Trinajstić information content (AvgIpc) is 2.74. The molecule has 0 aliphatic carbocycles. The van der Waals surface area contributed by atoms with Crippen molar-refractivity contribution in [3.05, 3.63) is 0 Å². The first-order valence-electron chi connectivity index (χ1n) is 12.3. The number of hydrogen-bond donors (Lipinski definition) is 0. The second kappa shape index (κ2) is 14.6. The van der Waals surface area contributed by atoms with Gasteiger partial charge in [0.05, 0.1) is 26.2 Å². The van der Waals surface area contributed by atoms with E-state index in [4.69, 9.17) is 0 Å². The molecular weight excluding hydrogens is 415 g/mol. The molecule has 30 heavy (non-hydrogen) atoms. The number of hydrogen-bond acceptors (Lipinski definition) is 6. The molecular formula is C22H50ClN6P. The zero-order valence-electron chi connectivity index (χ0n) is 20.8. The zero-order chi connectivity index (χ0) is 21.3. The summed E-state index contributed by atoms with van der Waals surface area (Å²) in [7, 11) is 2.88. The van der Waals surface area contributed by atoms with Crippen LogP contribution in [0.5, 0.6) is 0 Å². The molecule has 2 saturated heterocycles. The largest absolute Gasteiger partial charge is 1.00 e. The van der Waals surface area contributed by atoms with Gasteiger partial charge in [-0.1, -0.05) is 26.7 Å². The van der Waals surface area contributed by atoms with Gasteiger partial charge in [-0.15, -0.1) is 18.7 Å². The van der Waals surface area contributed by atoms with Crippen molar-refractivity contribution in [2.24, 2.45) is 0 Å². The highest BCUT2D eigenvalue weighted by molar-refractivity contribution is 7.66. The van der Waals surface area contributed by atoms with E-state index in [0.29, 0.717) is 0 Å². The van der Waals surface area contributed by atoms with E-state index < -0.39 is 7.87 Å². The second-order valence-corrected chi connectivity index (χ2v) is 12.2. The topological polar surface area (TPSA) is 19.4 Å². The summed E-state index contributed by atoms with van der Waals surface area (Å²) in [6.07, 6.45) is 5.18. The maximum Gasteiger partial charge on any atom is 0.308 e. The highest BCUT2D eigenvalue weighted by Crippen LogP contribution is 2.70. The van der Waals surface area contributed by atoms with E-state index in [1.54, 1.807) is 0 Å². The number of piperazine rings is 2. The predicted molar refractivity (Wildman–Crippen MR) is 129 cm³/mol. The van der Waals surface area contributed by atoms with E-state index in [-0.39, 0.29) is 12.4 Å². The van der Waals surface area contributed by atoms with Crippen molar-refractivity contribution < 1.29 is 12.4 Å². The van der Waals surface area contributed by atoms with Crippen molar-refractivity contribution in [1.29, 1.82) is 0 Å². The predicted octanol–water partition coefficient (Wildman–Crippen LogP) is 0.407. The molecule has 2 rings (SSSR count). The van der Waals surface area contributed by atoms with Gasteiger partial charge in [0.1, 0.15) is 0 Å². The van der Waals surface area contributed by atoms with Crippen LogP contribution in [0.25, 0.3) is 0 Å². The lowest BCUT2D eigenvalue weighted by molar-refractivity contribution is -0.00000713. The van der Waals surface area contributed by atoms with Crippen LogP contribution < -0.4 is 12.4 Å². The fraction of sp³-hybridized carbons (Fsp3) is 1.00. The molecule has 0 aromatic heterocycles. The molecule has 0 spiro atoms. The third-order valence-corrected chi connectivity index (χ3v) is 11.5. The quantitative estimate of drug-likeness (QED) is 0.387. The number of rotatable bonds is 12. The van der Waals surface area contributed by atoms with E-state index >= 15 is 0 Å². The number of likely N-dealkylation sites (N-methyl/N-ethyl adjacent to an activating group) is 2. The first-order chi connectivity index (χ1) is 14.0. The zero-order valence-corrected chi connectivity index (χ0v) is 22.5. The summed E-state index contributed by atoms with van der Waals surface area (Å²) in [4.78, 5) is 5.03. The van der Waals surface area contributed by atoms with Crippen LogP contribution in [0.2, 0.25) is 0 Å². The van der Waals surface area contributed by atoms with Crippen LogP contribution in [0, 0.1) is 0 Å². The van der Waals surface area contributed by atoms with Gasteiger partial charge < -0.3 is 22.2 Å². The van der Waals surface area contributed by atoms with Crippen LogP contribution in [0.15, 0.2) is 0 Å².